The Morgan fingerprint density at radius 3 is 1.95 bits per heavy atom. The first kappa shape index (κ1) is 17.9. The van der Waals surface area contributed by atoms with Gasteiger partial charge < -0.3 is 4.74 Å². The summed E-state index contributed by atoms with van der Waals surface area (Å²) in [5, 5.41) is 0. The minimum absolute atomic E-state index is 0.0286. The van der Waals surface area contributed by atoms with Crippen molar-refractivity contribution in [3.63, 3.8) is 0 Å². The van der Waals surface area contributed by atoms with Crippen molar-refractivity contribution in [3.05, 3.63) is 0 Å². The van der Waals surface area contributed by atoms with Gasteiger partial charge in [0.2, 0.25) is 0 Å². The normalized spacial score (nSPS) is 19.8. The zero-order valence-electron chi connectivity index (χ0n) is 14.7. The Morgan fingerprint density at radius 1 is 0.950 bits per heavy atom. The van der Waals surface area contributed by atoms with Gasteiger partial charge in [0.25, 0.3) is 0 Å². The minimum atomic E-state index is -0.0286. The van der Waals surface area contributed by atoms with Gasteiger partial charge in [0, 0.05) is 38.3 Å². The number of ether oxygens (including phenoxy) is 1. The maximum atomic E-state index is 5.78. The van der Waals surface area contributed by atoms with Crippen LogP contribution in [0.15, 0.2) is 0 Å². The number of hydrogen-bond acceptors (Lipinski definition) is 4. The summed E-state index contributed by atoms with van der Waals surface area (Å²) in [4.78, 5) is 7.48. The van der Waals surface area contributed by atoms with Gasteiger partial charge in [-0.2, -0.15) is 0 Å². The lowest BCUT2D eigenvalue weighted by atomic mass is 10.1. The molecule has 4 heteroatoms. The van der Waals surface area contributed by atoms with Gasteiger partial charge in [-0.1, -0.05) is 0 Å². The lowest BCUT2D eigenvalue weighted by Gasteiger charge is -2.43. The van der Waals surface area contributed by atoms with Crippen LogP contribution in [0.2, 0.25) is 0 Å². The van der Waals surface area contributed by atoms with Crippen LogP contribution < -0.4 is 0 Å². The molecule has 0 aromatic carbocycles. The summed E-state index contributed by atoms with van der Waals surface area (Å²) in [6.07, 6.45) is 0. The fraction of sp³-hybridized carbons (Fsp3) is 1.00. The molecule has 1 rings (SSSR count). The first-order valence-corrected chi connectivity index (χ1v) is 7.88. The summed E-state index contributed by atoms with van der Waals surface area (Å²) in [5.74, 6) is 0. The standard InChI is InChI=1S/C16H35N3O/c1-15(2,3)19-10-8-18(9-11-19)14-17(7)12-13-20-16(4,5)6/h8-14H2,1-7H3. The summed E-state index contributed by atoms with van der Waals surface area (Å²) < 4.78 is 5.78. The van der Waals surface area contributed by atoms with Crippen LogP contribution in [0, 0.1) is 0 Å². The smallest absolute Gasteiger partial charge is 0.0600 e. The average molecular weight is 285 g/mol. The molecule has 0 atom stereocenters. The molecule has 0 bridgehead atoms. The Labute approximate surface area is 126 Å². The van der Waals surface area contributed by atoms with Crippen LogP contribution in [0.4, 0.5) is 0 Å². The molecule has 120 valence electrons. The second-order valence-electron chi connectivity index (χ2n) is 7.96. The molecule has 0 unspecified atom stereocenters. The monoisotopic (exact) mass is 285 g/mol. The van der Waals surface area contributed by atoms with Crippen molar-refractivity contribution < 1.29 is 4.74 Å². The lowest BCUT2D eigenvalue weighted by Crippen LogP contribution is -2.55. The Kier molecular flexibility index (Phi) is 6.45. The van der Waals surface area contributed by atoms with Crippen molar-refractivity contribution in [1.82, 2.24) is 14.7 Å². The van der Waals surface area contributed by atoms with Gasteiger partial charge in [-0.3, -0.25) is 14.7 Å². The van der Waals surface area contributed by atoms with Gasteiger partial charge in [0.1, 0.15) is 0 Å². The number of rotatable bonds is 5. The average Bonchev–Trinajstić information content (AvgIpc) is 2.26. The highest BCUT2D eigenvalue weighted by atomic mass is 16.5. The highest BCUT2D eigenvalue weighted by molar-refractivity contribution is 4.81. The largest absolute Gasteiger partial charge is 0.375 e. The van der Waals surface area contributed by atoms with E-state index in [0.29, 0.717) is 5.54 Å². The topological polar surface area (TPSA) is 19.0 Å². The highest BCUT2D eigenvalue weighted by Crippen LogP contribution is 2.15. The molecule has 4 nitrogen and oxygen atoms in total. The van der Waals surface area contributed by atoms with E-state index in [-0.39, 0.29) is 5.60 Å². The molecule has 1 heterocycles. The van der Waals surface area contributed by atoms with E-state index in [2.05, 4.69) is 63.3 Å². The molecule has 0 aromatic rings. The molecule has 1 fully saturated rings. The van der Waals surface area contributed by atoms with E-state index in [1.54, 1.807) is 0 Å². The van der Waals surface area contributed by atoms with Crippen LogP contribution >= 0.6 is 0 Å². The molecular weight excluding hydrogens is 250 g/mol. The predicted octanol–water partition coefficient (Wildman–Crippen LogP) is 2.11. The maximum Gasteiger partial charge on any atom is 0.0600 e. The van der Waals surface area contributed by atoms with Crippen LogP contribution in [-0.2, 0) is 4.74 Å². The highest BCUT2D eigenvalue weighted by Gasteiger charge is 2.25. The van der Waals surface area contributed by atoms with Crippen LogP contribution in [0.3, 0.4) is 0 Å². The Morgan fingerprint density at radius 2 is 1.50 bits per heavy atom. The molecule has 0 spiro atoms. The zero-order valence-corrected chi connectivity index (χ0v) is 14.7. The fourth-order valence-corrected chi connectivity index (χ4v) is 2.48. The second-order valence-corrected chi connectivity index (χ2v) is 7.96. The number of likely N-dealkylation sites (N-methyl/N-ethyl adjacent to an activating group) is 1. The molecule has 0 aromatic heterocycles. The van der Waals surface area contributed by atoms with Crippen molar-refractivity contribution in [2.24, 2.45) is 0 Å². The molecule has 1 aliphatic heterocycles. The Balaban J connectivity index is 2.20. The molecule has 1 aliphatic rings. The SMILES string of the molecule is CN(CCOC(C)(C)C)CN1CCN(C(C)(C)C)CC1. The number of piperazine rings is 1. The summed E-state index contributed by atoms with van der Waals surface area (Å²) in [7, 11) is 2.18. The molecule has 0 radical (unpaired) electrons. The van der Waals surface area contributed by atoms with Crippen molar-refractivity contribution in [3.8, 4) is 0 Å². The lowest BCUT2D eigenvalue weighted by molar-refractivity contribution is -0.0195. The van der Waals surface area contributed by atoms with E-state index in [4.69, 9.17) is 4.74 Å². The van der Waals surface area contributed by atoms with E-state index in [0.717, 1.165) is 19.8 Å². The molecule has 0 amide bonds. The van der Waals surface area contributed by atoms with E-state index < -0.39 is 0 Å². The third kappa shape index (κ3) is 7.02. The molecule has 20 heavy (non-hydrogen) atoms. The molecule has 0 aliphatic carbocycles. The second kappa shape index (κ2) is 7.21. The van der Waals surface area contributed by atoms with Crippen molar-refractivity contribution in [2.45, 2.75) is 52.7 Å². The van der Waals surface area contributed by atoms with Crippen LogP contribution in [-0.4, -0.2) is 78.9 Å². The third-order valence-electron chi connectivity index (χ3n) is 3.77. The van der Waals surface area contributed by atoms with E-state index in [1.165, 1.54) is 26.2 Å². The fourth-order valence-electron chi connectivity index (χ4n) is 2.48. The zero-order chi connectivity index (χ0) is 15.4. The first-order chi connectivity index (χ1) is 9.08. The molecule has 0 saturated carbocycles. The van der Waals surface area contributed by atoms with Crippen molar-refractivity contribution >= 4 is 0 Å². The summed E-state index contributed by atoms with van der Waals surface area (Å²) in [6.45, 7) is 20.8. The van der Waals surface area contributed by atoms with Gasteiger partial charge in [0.15, 0.2) is 0 Å². The van der Waals surface area contributed by atoms with Gasteiger partial charge in [-0.15, -0.1) is 0 Å². The first-order valence-electron chi connectivity index (χ1n) is 7.88. The Bertz CT molecular complexity index is 272. The summed E-state index contributed by atoms with van der Waals surface area (Å²) in [5.41, 5.74) is 0.276. The quantitative estimate of drug-likeness (QED) is 0.770. The van der Waals surface area contributed by atoms with Gasteiger partial charge in [-0.25, -0.2) is 0 Å². The molecular formula is C16H35N3O. The number of nitrogens with zero attached hydrogens (tertiary/aromatic N) is 3. The van der Waals surface area contributed by atoms with Crippen LogP contribution in [0.1, 0.15) is 41.5 Å². The van der Waals surface area contributed by atoms with Gasteiger partial charge in [-0.05, 0) is 48.6 Å². The Hall–Kier alpha value is -0.160. The van der Waals surface area contributed by atoms with Gasteiger partial charge in [0.05, 0.1) is 18.9 Å². The van der Waals surface area contributed by atoms with Crippen LogP contribution in [0.25, 0.3) is 0 Å². The van der Waals surface area contributed by atoms with E-state index in [9.17, 15) is 0 Å². The van der Waals surface area contributed by atoms with E-state index in [1.807, 2.05) is 0 Å². The van der Waals surface area contributed by atoms with E-state index >= 15 is 0 Å². The molecule has 0 N–H and O–H groups in total. The third-order valence-corrected chi connectivity index (χ3v) is 3.77. The maximum absolute atomic E-state index is 5.78. The molecule has 1 saturated heterocycles. The predicted molar refractivity (Wildman–Crippen MR) is 86.1 cm³/mol. The minimum Gasteiger partial charge on any atom is -0.375 e. The van der Waals surface area contributed by atoms with Crippen LogP contribution in [0.5, 0.6) is 0 Å². The van der Waals surface area contributed by atoms with Gasteiger partial charge >= 0.3 is 0 Å². The number of hydrogen-bond donors (Lipinski definition) is 0. The summed E-state index contributed by atoms with van der Waals surface area (Å²) in [6, 6.07) is 0. The summed E-state index contributed by atoms with van der Waals surface area (Å²) >= 11 is 0. The van der Waals surface area contributed by atoms with Crippen molar-refractivity contribution in [2.75, 3.05) is 53.0 Å². The van der Waals surface area contributed by atoms with Crippen molar-refractivity contribution in [1.29, 1.82) is 0 Å².